The molecule has 0 spiro atoms. The van der Waals surface area contributed by atoms with Crippen LogP contribution in [0.2, 0.25) is 0 Å². The fraction of sp³-hybridized carbons (Fsp3) is 0.714. The standard InChI is InChI=1S/C42H72O4/c1-3-5-7-9-11-13-14-15-16-17-18-19-20-21-22-24-26-31-35-39-42(45)46-40(37-33-29-27-30-34-38-41(43)44)36-32-28-25-23-12-10-8-6-4-2/h5,7,11,13,15-16,18-19,21-22,40H,3-4,6,8-10,12,14,17,20,23-39H2,1-2H3,(H,43,44)/b7-5-,13-11-,16-15-,19-18-,22-21-. The van der Waals surface area contributed by atoms with E-state index in [9.17, 15) is 9.59 Å². The van der Waals surface area contributed by atoms with Gasteiger partial charge in [-0.3, -0.25) is 9.59 Å². The van der Waals surface area contributed by atoms with E-state index in [0.717, 1.165) is 109 Å². The van der Waals surface area contributed by atoms with Crippen molar-refractivity contribution in [1.29, 1.82) is 0 Å². The van der Waals surface area contributed by atoms with Gasteiger partial charge in [0.25, 0.3) is 0 Å². The number of carbonyl (C=O) groups is 2. The monoisotopic (exact) mass is 641 g/mol. The Labute approximate surface area is 284 Å². The van der Waals surface area contributed by atoms with Gasteiger partial charge in [-0.05, 0) is 83.5 Å². The highest BCUT2D eigenvalue weighted by Crippen LogP contribution is 2.18. The van der Waals surface area contributed by atoms with E-state index in [1.54, 1.807) is 0 Å². The van der Waals surface area contributed by atoms with E-state index in [4.69, 9.17) is 9.84 Å². The molecule has 1 N–H and O–H groups in total. The molecule has 0 bridgehead atoms. The van der Waals surface area contributed by atoms with Crippen molar-refractivity contribution in [2.75, 3.05) is 0 Å². The molecule has 4 nitrogen and oxygen atoms in total. The zero-order chi connectivity index (χ0) is 33.6. The van der Waals surface area contributed by atoms with Crippen LogP contribution in [-0.4, -0.2) is 23.1 Å². The first-order valence-corrected chi connectivity index (χ1v) is 19.3. The third-order valence-corrected chi connectivity index (χ3v) is 8.25. The van der Waals surface area contributed by atoms with Crippen molar-refractivity contribution < 1.29 is 19.4 Å². The number of esters is 1. The van der Waals surface area contributed by atoms with Crippen molar-refractivity contribution in [1.82, 2.24) is 0 Å². The van der Waals surface area contributed by atoms with Crippen LogP contribution in [0, 0.1) is 0 Å². The summed E-state index contributed by atoms with van der Waals surface area (Å²) < 4.78 is 5.97. The third kappa shape index (κ3) is 36.1. The number of hydrogen-bond donors (Lipinski definition) is 1. The van der Waals surface area contributed by atoms with E-state index < -0.39 is 5.97 Å². The first-order valence-electron chi connectivity index (χ1n) is 19.3. The Kier molecular flexibility index (Phi) is 35.2. The van der Waals surface area contributed by atoms with Crippen LogP contribution in [0.1, 0.15) is 187 Å². The Balaban J connectivity index is 4.07. The molecular weight excluding hydrogens is 568 g/mol. The van der Waals surface area contributed by atoms with Gasteiger partial charge < -0.3 is 9.84 Å². The lowest BCUT2D eigenvalue weighted by Gasteiger charge is -2.18. The molecule has 0 aromatic carbocycles. The van der Waals surface area contributed by atoms with Crippen LogP contribution >= 0.6 is 0 Å². The summed E-state index contributed by atoms with van der Waals surface area (Å²) in [4.78, 5) is 23.3. The number of hydrogen-bond acceptors (Lipinski definition) is 3. The number of unbranched alkanes of at least 4 members (excludes halogenated alkanes) is 15. The molecule has 0 aliphatic heterocycles. The SMILES string of the molecule is CC/C=C\C/C=C\C/C=C\C/C=C\C/C=C\CCCCCC(=O)OC(CCCCCCCCCCC)CCCCCCCC(=O)O. The van der Waals surface area contributed by atoms with Crippen LogP contribution < -0.4 is 0 Å². The second kappa shape index (κ2) is 37.1. The first kappa shape index (κ1) is 43.6. The fourth-order valence-electron chi connectivity index (χ4n) is 5.45. The minimum atomic E-state index is -0.706. The molecular formula is C42H72O4. The van der Waals surface area contributed by atoms with Crippen LogP contribution in [0.15, 0.2) is 60.8 Å². The second-order valence-corrected chi connectivity index (χ2v) is 12.7. The molecule has 0 aliphatic rings. The van der Waals surface area contributed by atoms with Crippen LogP contribution in [0.5, 0.6) is 0 Å². The summed E-state index contributed by atoms with van der Waals surface area (Å²) >= 11 is 0. The van der Waals surface area contributed by atoms with Gasteiger partial charge in [0.15, 0.2) is 0 Å². The minimum absolute atomic E-state index is 0.0303. The smallest absolute Gasteiger partial charge is 0.306 e. The highest BCUT2D eigenvalue weighted by molar-refractivity contribution is 5.69. The molecule has 264 valence electrons. The summed E-state index contributed by atoms with van der Waals surface area (Å²) in [6.45, 7) is 4.42. The van der Waals surface area contributed by atoms with Crippen LogP contribution in [0.4, 0.5) is 0 Å². The molecule has 0 amide bonds. The summed E-state index contributed by atoms with van der Waals surface area (Å²) in [6.07, 6.45) is 50.9. The van der Waals surface area contributed by atoms with Crippen molar-refractivity contribution >= 4 is 11.9 Å². The zero-order valence-corrected chi connectivity index (χ0v) is 30.1. The van der Waals surface area contributed by atoms with Gasteiger partial charge >= 0.3 is 11.9 Å². The van der Waals surface area contributed by atoms with Gasteiger partial charge in [-0.25, -0.2) is 0 Å². The van der Waals surface area contributed by atoms with E-state index in [-0.39, 0.29) is 18.5 Å². The molecule has 0 rings (SSSR count). The Morgan fingerprint density at radius 3 is 1.41 bits per heavy atom. The molecule has 1 unspecified atom stereocenters. The lowest BCUT2D eigenvalue weighted by Crippen LogP contribution is -2.18. The molecule has 0 saturated heterocycles. The number of carboxylic acid groups (broad SMARTS) is 1. The Morgan fingerprint density at radius 2 is 0.913 bits per heavy atom. The number of ether oxygens (including phenoxy) is 1. The maximum Gasteiger partial charge on any atom is 0.306 e. The number of carboxylic acids is 1. The fourth-order valence-corrected chi connectivity index (χ4v) is 5.45. The lowest BCUT2D eigenvalue weighted by molar-refractivity contribution is -0.150. The lowest BCUT2D eigenvalue weighted by atomic mass is 10.0. The summed E-state index contributed by atoms with van der Waals surface area (Å²) in [7, 11) is 0. The van der Waals surface area contributed by atoms with Crippen molar-refractivity contribution in [2.45, 2.75) is 193 Å². The zero-order valence-electron chi connectivity index (χ0n) is 30.1. The second-order valence-electron chi connectivity index (χ2n) is 12.7. The van der Waals surface area contributed by atoms with Gasteiger partial charge in [0.1, 0.15) is 6.10 Å². The molecule has 4 heteroatoms. The maximum atomic E-state index is 12.6. The number of rotatable bonds is 34. The van der Waals surface area contributed by atoms with E-state index in [2.05, 4.69) is 74.6 Å². The summed E-state index contributed by atoms with van der Waals surface area (Å²) in [6, 6.07) is 0. The predicted molar refractivity (Wildman–Crippen MR) is 199 cm³/mol. The van der Waals surface area contributed by atoms with Gasteiger partial charge in [0.2, 0.25) is 0 Å². The number of carbonyl (C=O) groups excluding carboxylic acids is 1. The van der Waals surface area contributed by atoms with Crippen LogP contribution in [0.3, 0.4) is 0 Å². The molecule has 0 fully saturated rings. The van der Waals surface area contributed by atoms with Gasteiger partial charge in [-0.1, -0.05) is 152 Å². The van der Waals surface area contributed by atoms with Gasteiger partial charge in [0.05, 0.1) is 0 Å². The van der Waals surface area contributed by atoms with Crippen LogP contribution in [0.25, 0.3) is 0 Å². The van der Waals surface area contributed by atoms with Crippen molar-refractivity contribution in [2.24, 2.45) is 0 Å². The Bertz CT molecular complexity index is 820. The molecule has 0 heterocycles. The highest BCUT2D eigenvalue weighted by Gasteiger charge is 2.14. The van der Waals surface area contributed by atoms with Crippen molar-refractivity contribution in [3.63, 3.8) is 0 Å². The van der Waals surface area contributed by atoms with Gasteiger partial charge in [0, 0.05) is 12.8 Å². The maximum absolute atomic E-state index is 12.6. The van der Waals surface area contributed by atoms with Gasteiger partial charge in [-0.15, -0.1) is 0 Å². The summed E-state index contributed by atoms with van der Waals surface area (Å²) in [5.74, 6) is -0.737. The molecule has 0 aromatic rings. The summed E-state index contributed by atoms with van der Waals surface area (Å²) in [5, 5.41) is 8.80. The van der Waals surface area contributed by atoms with Crippen molar-refractivity contribution in [3.05, 3.63) is 60.8 Å². The van der Waals surface area contributed by atoms with E-state index in [1.165, 1.54) is 51.4 Å². The average molecular weight is 641 g/mol. The van der Waals surface area contributed by atoms with E-state index in [1.807, 2.05) is 0 Å². The Hall–Kier alpha value is -2.36. The molecule has 0 saturated carbocycles. The molecule has 1 atom stereocenters. The van der Waals surface area contributed by atoms with Gasteiger partial charge in [-0.2, -0.15) is 0 Å². The number of allylic oxidation sites excluding steroid dienone is 10. The highest BCUT2D eigenvalue weighted by atomic mass is 16.5. The topological polar surface area (TPSA) is 63.6 Å². The molecule has 0 aromatic heterocycles. The third-order valence-electron chi connectivity index (χ3n) is 8.25. The normalized spacial score (nSPS) is 12.9. The van der Waals surface area contributed by atoms with E-state index >= 15 is 0 Å². The summed E-state index contributed by atoms with van der Waals surface area (Å²) in [5.41, 5.74) is 0. The van der Waals surface area contributed by atoms with Crippen LogP contribution in [-0.2, 0) is 14.3 Å². The van der Waals surface area contributed by atoms with Crippen molar-refractivity contribution in [3.8, 4) is 0 Å². The Morgan fingerprint density at radius 1 is 0.500 bits per heavy atom. The molecule has 46 heavy (non-hydrogen) atoms. The molecule has 0 aliphatic carbocycles. The average Bonchev–Trinajstić information content (AvgIpc) is 3.04. The molecule has 0 radical (unpaired) electrons. The van der Waals surface area contributed by atoms with E-state index in [0.29, 0.717) is 6.42 Å². The largest absolute Gasteiger partial charge is 0.481 e. The predicted octanol–water partition coefficient (Wildman–Crippen LogP) is 13.3. The minimum Gasteiger partial charge on any atom is -0.481 e. The first-order chi connectivity index (χ1) is 22.6. The number of aliphatic carboxylic acids is 1. The quantitative estimate of drug-likeness (QED) is 0.0432.